The maximum Gasteiger partial charge on any atom is 0.343 e. The molecule has 0 saturated heterocycles. The maximum absolute atomic E-state index is 12.5. The number of carbonyl (C=O) groups is 2. The first-order valence-corrected chi connectivity index (χ1v) is 11.0. The van der Waals surface area contributed by atoms with Crippen LogP contribution in [0.3, 0.4) is 0 Å². The third-order valence-electron chi connectivity index (χ3n) is 5.07. The van der Waals surface area contributed by atoms with Crippen LogP contribution in [0.2, 0.25) is 0 Å². The van der Waals surface area contributed by atoms with Gasteiger partial charge in [-0.1, -0.05) is 30.3 Å². The zero-order valence-electron chi connectivity index (χ0n) is 20.1. The molecule has 1 aromatic heterocycles. The molecule has 10 nitrogen and oxygen atoms in total. The van der Waals surface area contributed by atoms with E-state index in [1.807, 2.05) is 30.3 Å². The van der Waals surface area contributed by atoms with Crippen molar-refractivity contribution in [2.24, 2.45) is 0 Å². The molecule has 3 aromatic rings. The zero-order valence-corrected chi connectivity index (χ0v) is 20.1. The summed E-state index contributed by atoms with van der Waals surface area (Å²) in [6.45, 7) is 1.68. The molecule has 0 fully saturated rings. The van der Waals surface area contributed by atoms with E-state index in [9.17, 15) is 14.7 Å². The monoisotopic (exact) mass is 479 g/mol. The quantitative estimate of drug-likeness (QED) is 0.376. The Hall–Kier alpha value is -4.18. The highest BCUT2D eigenvalue weighted by Crippen LogP contribution is 2.27. The number of aliphatic hydroxyl groups excluding tert-OH is 1. The van der Waals surface area contributed by atoms with Crippen molar-refractivity contribution in [3.05, 3.63) is 71.4 Å². The van der Waals surface area contributed by atoms with E-state index < -0.39 is 12.0 Å². The first-order valence-electron chi connectivity index (χ1n) is 11.0. The molecule has 2 aromatic carbocycles. The van der Waals surface area contributed by atoms with Crippen LogP contribution in [0.15, 0.2) is 54.7 Å². The Labute approximate surface area is 203 Å². The number of methoxy groups -OCH3 is 1. The molecule has 3 rings (SSSR count). The van der Waals surface area contributed by atoms with Gasteiger partial charge in [0, 0.05) is 32.0 Å². The van der Waals surface area contributed by atoms with Crippen molar-refractivity contribution in [2.75, 3.05) is 45.1 Å². The van der Waals surface area contributed by atoms with Crippen molar-refractivity contribution < 1.29 is 24.2 Å². The minimum Gasteiger partial charge on any atom is -0.496 e. The standard InChI is InChI=1S/C25H29N5O5/c1-5-35-24(33)19-14-26-25(29-22(19)28-20(15-31)16-9-7-6-8-10-16)27-17-11-12-18(21(13-17)34-4)23(32)30(2)3/h6-14,20,31H,5,15H2,1-4H3,(H2,26,27,28,29)/t20-/m1/s1. The molecule has 1 atom stereocenters. The normalized spacial score (nSPS) is 11.3. The number of aromatic nitrogens is 2. The smallest absolute Gasteiger partial charge is 0.343 e. The minimum atomic E-state index is -0.584. The molecule has 0 spiro atoms. The lowest BCUT2D eigenvalue weighted by Crippen LogP contribution is -2.22. The van der Waals surface area contributed by atoms with Crippen molar-refractivity contribution in [3.63, 3.8) is 0 Å². The van der Waals surface area contributed by atoms with Gasteiger partial charge >= 0.3 is 5.97 Å². The van der Waals surface area contributed by atoms with Crippen LogP contribution in [-0.2, 0) is 4.74 Å². The Morgan fingerprint density at radius 3 is 2.49 bits per heavy atom. The van der Waals surface area contributed by atoms with Gasteiger partial charge in [0.1, 0.15) is 17.1 Å². The Bertz CT molecular complexity index is 1170. The van der Waals surface area contributed by atoms with Gasteiger partial charge in [-0.2, -0.15) is 4.98 Å². The third kappa shape index (κ3) is 6.24. The fraction of sp³-hybridized carbons (Fsp3) is 0.280. The number of anilines is 3. The number of ether oxygens (including phenoxy) is 2. The summed E-state index contributed by atoms with van der Waals surface area (Å²) in [6.07, 6.45) is 1.36. The lowest BCUT2D eigenvalue weighted by molar-refractivity contribution is 0.0526. The van der Waals surface area contributed by atoms with Crippen molar-refractivity contribution in [1.29, 1.82) is 0 Å². The zero-order chi connectivity index (χ0) is 25.4. The fourth-order valence-corrected chi connectivity index (χ4v) is 3.31. The molecular weight excluding hydrogens is 450 g/mol. The molecule has 3 N–H and O–H groups in total. The van der Waals surface area contributed by atoms with Gasteiger partial charge in [-0.3, -0.25) is 4.79 Å². The highest BCUT2D eigenvalue weighted by Gasteiger charge is 2.20. The summed E-state index contributed by atoms with van der Waals surface area (Å²) < 4.78 is 10.5. The van der Waals surface area contributed by atoms with Crippen LogP contribution in [0.1, 0.15) is 39.2 Å². The summed E-state index contributed by atoms with van der Waals surface area (Å²) in [5.74, 6) is 0.0132. The van der Waals surface area contributed by atoms with E-state index in [1.165, 1.54) is 18.2 Å². The van der Waals surface area contributed by atoms with Gasteiger partial charge in [0.25, 0.3) is 5.91 Å². The Kier molecular flexibility index (Phi) is 8.58. The van der Waals surface area contributed by atoms with Gasteiger partial charge in [0.2, 0.25) is 5.95 Å². The second kappa shape index (κ2) is 11.8. The number of rotatable bonds is 10. The fourth-order valence-electron chi connectivity index (χ4n) is 3.31. The average Bonchev–Trinajstić information content (AvgIpc) is 2.87. The summed E-state index contributed by atoms with van der Waals surface area (Å²) in [7, 11) is 4.81. The topological polar surface area (TPSA) is 126 Å². The molecule has 184 valence electrons. The third-order valence-corrected chi connectivity index (χ3v) is 5.07. The van der Waals surface area contributed by atoms with Crippen LogP contribution in [0.4, 0.5) is 17.5 Å². The van der Waals surface area contributed by atoms with Crippen LogP contribution in [-0.4, -0.2) is 66.3 Å². The molecule has 1 amide bonds. The number of hydrogen-bond donors (Lipinski definition) is 3. The summed E-state index contributed by atoms with van der Waals surface area (Å²) in [6, 6.07) is 13.8. The van der Waals surface area contributed by atoms with Crippen LogP contribution in [0, 0.1) is 0 Å². The number of carbonyl (C=O) groups excluding carboxylic acids is 2. The van der Waals surface area contributed by atoms with E-state index in [0.717, 1.165) is 5.56 Å². The number of hydrogen-bond acceptors (Lipinski definition) is 9. The maximum atomic E-state index is 12.5. The number of nitrogens with one attached hydrogen (secondary N) is 2. The predicted molar refractivity (Wildman–Crippen MR) is 132 cm³/mol. The lowest BCUT2D eigenvalue weighted by atomic mass is 10.1. The molecule has 10 heteroatoms. The SMILES string of the molecule is CCOC(=O)c1cnc(Nc2ccc(C(=O)N(C)C)c(OC)c2)nc1N[C@H](CO)c1ccccc1. The van der Waals surface area contributed by atoms with Crippen LogP contribution in [0.5, 0.6) is 5.75 Å². The largest absolute Gasteiger partial charge is 0.496 e. The van der Waals surface area contributed by atoms with Gasteiger partial charge in [0.15, 0.2) is 0 Å². The molecule has 0 saturated carbocycles. The molecule has 0 bridgehead atoms. The van der Waals surface area contributed by atoms with Crippen molar-refractivity contribution in [2.45, 2.75) is 13.0 Å². The first kappa shape index (κ1) is 25.4. The molecule has 0 radical (unpaired) electrons. The predicted octanol–water partition coefficient (Wildman–Crippen LogP) is 3.25. The van der Waals surface area contributed by atoms with E-state index in [0.29, 0.717) is 17.0 Å². The summed E-state index contributed by atoms with van der Waals surface area (Å²) >= 11 is 0. The minimum absolute atomic E-state index is 0.135. The van der Waals surface area contributed by atoms with Crippen molar-refractivity contribution >= 4 is 29.3 Å². The van der Waals surface area contributed by atoms with Gasteiger partial charge in [0.05, 0.1) is 31.9 Å². The Morgan fingerprint density at radius 2 is 1.86 bits per heavy atom. The van der Waals surface area contributed by atoms with E-state index in [4.69, 9.17) is 9.47 Å². The number of nitrogens with zero attached hydrogens (tertiary/aromatic N) is 3. The molecule has 0 unspecified atom stereocenters. The molecule has 35 heavy (non-hydrogen) atoms. The molecular formula is C25H29N5O5. The average molecular weight is 480 g/mol. The number of aliphatic hydroxyl groups is 1. The number of esters is 1. The highest BCUT2D eigenvalue weighted by molar-refractivity contribution is 5.97. The summed E-state index contributed by atoms with van der Waals surface area (Å²) in [5.41, 5.74) is 1.95. The second-order valence-electron chi connectivity index (χ2n) is 7.71. The summed E-state index contributed by atoms with van der Waals surface area (Å²) in [4.78, 5) is 35.0. The van der Waals surface area contributed by atoms with Gasteiger partial charge in [-0.05, 0) is 24.6 Å². The van der Waals surface area contributed by atoms with E-state index in [2.05, 4.69) is 20.6 Å². The molecule has 0 aliphatic carbocycles. The summed E-state index contributed by atoms with van der Waals surface area (Å²) in [5, 5.41) is 16.1. The number of amides is 1. The van der Waals surface area contributed by atoms with Gasteiger partial charge in [-0.25, -0.2) is 9.78 Å². The number of benzene rings is 2. The van der Waals surface area contributed by atoms with Crippen LogP contribution >= 0.6 is 0 Å². The van der Waals surface area contributed by atoms with E-state index >= 15 is 0 Å². The molecule has 0 aliphatic rings. The Balaban J connectivity index is 1.93. The van der Waals surface area contributed by atoms with Crippen molar-refractivity contribution in [3.8, 4) is 5.75 Å². The van der Waals surface area contributed by atoms with Crippen LogP contribution < -0.4 is 15.4 Å². The van der Waals surface area contributed by atoms with Crippen molar-refractivity contribution in [1.82, 2.24) is 14.9 Å². The first-order chi connectivity index (χ1) is 16.9. The van der Waals surface area contributed by atoms with Crippen LogP contribution in [0.25, 0.3) is 0 Å². The Morgan fingerprint density at radius 1 is 1.11 bits per heavy atom. The van der Waals surface area contributed by atoms with Gasteiger partial charge in [-0.15, -0.1) is 0 Å². The highest BCUT2D eigenvalue weighted by atomic mass is 16.5. The van der Waals surface area contributed by atoms with E-state index in [1.54, 1.807) is 39.2 Å². The molecule has 0 aliphatic heterocycles. The lowest BCUT2D eigenvalue weighted by Gasteiger charge is -2.20. The second-order valence-corrected chi connectivity index (χ2v) is 7.71. The van der Waals surface area contributed by atoms with E-state index in [-0.39, 0.29) is 36.5 Å². The molecule has 1 heterocycles. The van der Waals surface area contributed by atoms with Gasteiger partial charge < -0.3 is 30.1 Å².